The first kappa shape index (κ1) is 20.7. The zero-order valence-corrected chi connectivity index (χ0v) is 18.3. The maximum atomic E-state index is 13.0. The maximum absolute atomic E-state index is 13.0. The lowest BCUT2D eigenvalue weighted by Crippen LogP contribution is -2.15. The Labute approximate surface area is 192 Å². The number of nitrogens with one attached hydrogen (secondary N) is 1. The smallest absolute Gasteiger partial charge is 0.348 e. The van der Waals surface area contributed by atoms with Gasteiger partial charge in [-0.15, -0.1) is 0 Å². The van der Waals surface area contributed by atoms with Crippen molar-refractivity contribution in [3.63, 3.8) is 0 Å². The van der Waals surface area contributed by atoms with Crippen molar-refractivity contribution < 1.29 is 9.34 Å². The molecular formula is C25H17N3O4S. The summed E-state index contributed by atoms with van der Waals surface area (Å²) in [6.45, 7) is 2.00. The number of fused-ring (bicyclic) bond motifs is 3. The number of anilines is 1. The van der Waals surface area contributed by atoms with Gasteiger partial charge in [-0.2, -0.15) is 0 Å². The van der Waals surface area contributed by atoms with Crippen LogP contribution in [0.5, 0.6) is 0 Å². The zero-order chi connectivity index (χ0) is 22.9. The van der Waals surface area contributed by atoms with Crippen LogP contribution in [0.2, 0.25) is 0 Å². The average Bonchev–Trinajstić information content (AvgIpc) is 3.01. The molecule has 1 aliphatic rings. The molecule has 1 N–H and O–H groups in total. The topological polar surface area (TPSA) is 97.7 Å². The minimum Gasteiger partial charge on any atom is -0.422 e. The van der Waals surface area contributed by atoms with E-state index in [0.717, 1.165) is 16.5 Å². The van der Waals surface area contributed by atoms with E-state index in [1.165, 1.54) is 23.9 Å². The van der Waals surface area contributed by atoms with Gasteiger partial charge >= 0.3 is 5.63 Å². The van der Waals surface area contributed by atoms with Gasteiger partial charge in [-0.25, -0.2) is 9.79 Å². The molecule has 162 valence electrons. The molecule has 0 radical (unpaired) electrons. The fourth-order valence-corrected chi connectivity index (χ4v) is 4.42. The number of benzene rings is 3. The number of para-hydroxylation sites is 1. The van der Waals surface area contributed by atoms with Crippen LogP contribution in [0.4, 0.5) is 17.1 Å². The Bertz CT molecular complexity index is 1500. The second-order valence-electron chi connectivity index (χ2n) is 7.47. The minimum atomic E-state index is -0.493. The van der Waals surface area contributed by atoms with Crippen LogP contribution in [0.25, 0.3) is 16.7 Å². The summed E-state index contributed by atoms with van der Waals surface area (Å²) in [6, 6.07) is 21.2. The summed E-state index contributed by atoms with van der Waals surface area (Å²) in [5, 5.41) is 17.5. The first-order chi connectivity index (χ1) is 16.0. The van der Waals surface area contributed by atoms with E-state index in [1.54, 1.807) is 24.3 Å². The second-order valence-corrected chi connectivity index (χ2v) is 8.32. The van der Waals surface area contributed by atoms with Crippen LogP contribution >= 0.6 is 11.8 Å². The maximum Gasteiger partial charge on any atom is 0.348 e. The molecule has 0 atom stereocenters. The molecule has 0 saturated heterocycles. The van der Waals surface area contributed by atoms with Crippen LogP contribution in [0.3, 0.4) is 0 Å². The van der Waals surface area contributed by atoms with Crippen molar-refractivity contribution in [1.82, 2.24) is 0 Å². The highest BCUT2D eigenvalue weighted by Crippen LogP contribution is 2.36. The summed E-state index contributed by atoms with van der Waals surface area (Å²) >= 11 is 1.29. The highest BCUT2D eigenvalue weighted by Gasteiger charge is 2.24. The monoisotopic (exact) mass is 455 g/mol. The Balaban J connectivity index is 1.70. The quantitative estimate of drug-likeness (QED) is 0.223. The van der Waals surface area contributed by atoms with Gasteiger partial charge in [-0.3, -0.25) is 10.1 Å². The highest BCUT2D eigenvalue weighted by molar-refractivity contribution is 8.17. The fourth-order valence-electron chi connectivity index (χ4n) is 3.53. The minimum absolute atomic E-state index is 0.00809. The lowest BCUT2D eigenvalue weighted by Gasteiger charge is -2.13. The van der Waals surface area contributed by atoms with Gasteiger partial charge in [0.25, 0.3) is 5.69 Å². The van der Waals surface area contributed by atoms with Gasteiger partial charge in [0.15, 0.2) is 0 Å². The third-order valence-electron chi connectivity index (χ3n) is 5.23. The van der Waals surface area contributed by atoms with Gasteiger partial charge in [0.2, 0.25) is 0 Å². The summed E-state index contributed by atoms with van der Waals surface area (Å²) in [5.41, 5.74) is 4.16. The van der Waals surface area contributed by atoms with E-state index < -0.39 is 10.5 Å². The van der Waals surface area contributed by atoms with E-state index in [9.17, 15) is 14.9 Å². The van der Waals surface area contributed by atoms with Gasteiger partial charge in [0.1, 0.15) is 16.2 Å². The van der Waals surface area contributed by atoms with Crippen molar-refractivity contribution in [2.24, 2.45) is 4.99 Å². The Hall–Kier alpha value is -4.17. The summed E-state index contributed by atoms with van der Waals surface area (Å²) in [6.07, 6.45) is 0. The normalized spacial score (nSPS) is 14.3. The summed E-state index contributed by atoms with van der Waals surface area (Å²) in [4.78, 5) is 28.4. The van der Waals surface area contributed by atoms with Crippen LogP contribution in [0.15, 0.2) is 92.4 Å². The number of non-ortho nitro benzene ring substituents is 1. The van der Waals surface area contributed by atoms with E-state index >= 15 is 0 Å². The molecule has 2 heterocycles. The number of aliphatic imine (C=N–C) groups is 1. The van der Waals surface area contributed by atoms with Crippen LogP contribution in [0.1, 0.15) is 16.7 Å². The first-order valence-corrected chi connectivity index (χ1v) is 11.0. The van der Waals surface area contributed by atoms with Crippen molar-refractivity contribution >= 4 is 50.5 Å². The standard InChI is InChI=1S/C25H17N3O4S/c1-15-6-10-17(11-7-15)26-24-22-23(19-4-2-3-5-21(19)32-25(22)29)27-20(14-33-24)16-8-12-18(13-9-16)28(30)31/h2-14,27H,1H3. The Morgan fingerprint density at radius 1 is 1.00 bits per heavy atom. The summed E-state index contributed by atoms with van der Waals surface area (Å²) in [5.74, 6) is 0. The number of hydrogen-bond acceptors (Lipinski definition) is 7. The van der Waals surface area contributed by atoms with Crippen LogP contribution in [0, 0.1) is 17.0 Å². The SMILES string of the molecule is Cc1ccc(N=C2SC=C(c3ccc([N+](=O)[O-])cc3)Nc3c2c(=O)oc2ccccc32)cc1. The second kappa shape index (κ2) is 8.40. The molecular weight excluding hydrogens is 438 g/mol. The zero-order valence-electron chi connectivity index (χ0n) is 17.4. The van der Waals surface area contributed by atoms with Crippen LogP contribution in [-0.2, 0) is 0 Å². The highest BCUT2D eigenvalue weighted by atomic mass is 32.2. The predicted molar refractivity (Wildman–Crippen MR) is 132 cm³/mol. The van der Waals surface area contributed by atoms with Crippen molar-refractivity contribution in [2.45, 2.75) is 6.92 Å². The number of nitrogens with zero attached hydrogens (tertiary/aromatic N) is 2. The molecule has 7 nitrogen and oxygen atoms in total. The molecule has 0 amide bonds. The molecule has 0 spiro atoms. The fraction of sp³-hybridized carbons (Fsp3) is 0.0400. The Morgan fingerprint density at radius 2 is 1.73 bits per heavy atom. The van der Waals surface area contributed by atoms with Crippen LogP contribution < -0.4 is 10.9 Å². The molecule has 0 unspecified atom stereocenters. The van der Waals surface area contributed by atoms with Crippen LogP contribution in [-0.4, -0.2) is 9.97 Å². The molecule has 5 rings (SSSR count). The molecule has 0 bridgehead atoms. The lowest BCUT2D eigenvalue weighted by atomic mass is 10.1. The largest absolute Gasteiger partial charge is 0.422 e. The first-order valence-electron chi connectivity index (χ1n) is 10.1. The average molecular weight is 455 g/mol. The molecule has 0 saturated carbocycles. The molecule has 3 aromatic carbocycles. The van der Waals surface area contributed by atoms with Crippen molar-refractivity contribution in [2.75, 3.05) is 5.32 Å². The van der Waals surface area contributed by atoms with E-state index in [4.69, 9.17) is 9.41 Å². The van der Waals surface area contributed by atoms with E-state index in [2.05, 4.69) is 5.32 Å². The summed E-state index contributed by atoms with van der Waals surface area (Å²) < 4.78 is 5.60. The van der Waals surface area contributed by atoms with E-state index in [-0.39, 0.29) is 5.69 Å². The van der Waals surface area contributed by atoms with Crippen molar-refractivity contribution in [1.29, 1.82) is 0 Å². The molecule has 0 fully saturated rings. The Kier molecular flexibility index (Phi) is 5.27. The lowest BCUT2D eigenvalue weighted by molar-refractivity contribution is -0.384. The predicted octanol–water partition coefficient (Wildman–Crippen LogP) is 6.25. The van der Waals surface area contributed by atoms with Gasteiger partial charge in [-0.1, -0.05) is 41.6 Å². The van der Waals surface area contributed by atoms with Gasteiger partial charge in [0, 0.05) is 22.9 Å². The number of nitro groups is 1. The third-order valence-corrected chi connectivity index (χ3v) is 6.10. The Morgan fingerprint density at radius 3 is 2.45 bits per heavy atom. The van der Waals surface area contributed by atoms with Crippen molar-refractivity contribution in [3.8, 4) is 0 Å². The summed E-state index contributed by atoms with van der Waals surface area (Å²) in [7, 11) is 0. The molecule has 8 heteroatoms. The number of thioether (sulfide) groups is 1. The molecule has 0 aliphatic carbocycles. The molecule has 33 heavy (non-hydrogen) atoms. The number of nitro benzene ring substituents is 1. The molecule has 1 aromatic heterocycles. The van der Waals surface area contributed by atoms with Gasteiger partial charge in [-0.05, 0) is 48.9 Å². The molecule has 1 aliphatic heterocycles. The van der Waals surface area contributed by atoms with E-state index in [1.807, 2.05) is 48.7 Å². The third kappa shape index (κ3) is 4.04. The number of hydrogen-bond donors (Lipinski definition) is 1. The van der Waals surface area contributed by atoms with Crippen molar-refractivity contribution in [3.05, 3.63) is 115 Å². The number of rotatable bonds is 3. The van der Waals surface area contributed by atoms with E-state index in [0.29, 0.717) is 33.3 Å². The number of aryl methyl sites for hydroxylation is 1. The van der Waals surface area contributed by atoms with Gasteiger partial charge in [0.05, 0.1) is 22.0 Å². The van der Waals surface area contributed by atoms with Gasteiger partial charge < -0.3 is 9.73 Å². The molecule has 4 aromatic rings.